The number of nitrogens with one attached hydrogen (secondary N) is 1. The van der Waals surface area contributed by atoms with Gasteiger partial charge in [-0.1, -0.05) is 44.7 Å². The van der Waals surface area contributed by atoms with E-state index >= 15 is 0 Å². The highest BCUT2D eigenvalue weighted by atomic mass is 35.5. The van der Waals surface area contributed by atoms with Crippen LogP contribution in [0.5, 0.6) is 0 Å². The summed E-state index contributed by atoms with van der Waals surface area (Å²) in [5, 5.41) is 2.91. The van der Waals surface area contributed by atoms with Crippen LogP contribution >= 0.6 is 11.6 Å². The largest absolute Gasteiger partial charge is 0.349 e. The van der Waals surface area contributed by atoms with E-state index in [9.17, 15) is 9.18 Å². The van der Waals surface area contributed by atoms with E-state index in [1.54, 1.807) is 0 Å². The van der Waals surface area contributed by atoms with E-state index in [1.165, 1.54) is 0 Å². The van der Waals surface area contributed by atoms with E-state index in [4.69, 9.17) is 11.6 Å². The van der Waals surface area contributed by atoms with Gasteiger partial charge in [-0.3, -0.25) is 4.79 Å². The lowest BCUT2D eigenvalue weighted by molar-refractivity contribution is 0.0932. The van der Waals surface area contributed by atoms with E-state index in [-0.39, 0.29) is 22.7 Å². The molecule has 1 amide bonds. The van der Waals surface area contributed by atoms with Crippen molar-refractivity contribution in [3.63, 3.8) is 0 Å². The van der Waals surface area contributed by atoms with Crippen LogP contribution in [-0.4, -0.2) is 16.9 Å². The van der Waals surface area contributed by atoms with Crippen LogP contribution in [0, 0.1) is 5.82 Å². The highest BCUT2D eigenvalue weighted by molar-refractivity contribution is 6.32. The van der Waals surface area contributed by atoms with Crippen molar-refractivity contribution in [2.24, 2.45) is 0 Å². The number of amides is 1. The van der Waals surface area contributed by atoms with Gasteiger partial charge in [0.15, 0.2) is 0 Å². The van der Waals surface area contributed by atoms with Gasteiger partial charge in [0.05, 0.1) is 11.8 Å². The standard InChI is InChI=1S/C14H20ClFN2O/c1-3-5-6-7-11(4-2)18-14(19)12-8-10(16)9-17-13(12)15/h8-9,11H,3-7H2,1-2H3,(H,18,19). The molecule has 0 bridgehead atoms. The zero-order chi connectivity index (χ0) is 14.3. The fourth-order valence-corrected chi connectivity index (χ4v) is 2.05. The predicted molar refractivity (Wildman–Crippen MR) is 74.9 cm³/mol. The molecule has 1 heterocycles. The van der Waals surface area contributed by atoms with Gasteiger partial charge in [0, 0.05) is 6.04 Å². The van der Waals surface area contributed by atoms with E-state index in [0.717, 1.165) is 44.4 Å². The third-order valence-corrected chi connectivity index (χ3v) is 3.34. The minimum atomic E-state index is -0.561. The second-order valence-electron chi connectivity index (χ2n) is 4.57. The summed E-state index contributed by atoms with van der Waals surface area (Å²) in [7, 11) is 0. The lowest BCUT2D eigenvalue weighted by Gasteiger charge is -2.17. The van der Waals surface area contributed by atoms with Crippen LogP contribution in [0.2, 0.25) is 5.15 Å². The zero-order valence-electron chi connectivity index (χ0n) is 11.4. The first-order valence-electron chi connectivity index (χ1n) is 6.70. The topological polar surface area (TPSA) is 42.0 Å². The molecule has 0 saturated heterocycles. The van der Waals surface area contributed by atoms with Gasteiger partial charge in [-0.25, -0.2) is 9.37 Å². The van der Waals surface area contributed by atoms with Crippen LogP contribution in [0.15, 0.2) is 12.3 Å². The molecule has 1 N–H and O–H groups in total. The third kappa shape index (κ3) is 5.15. The lowest BCUT2D eigenvalue weighted by atomic mass is 10.1. The van der Waals surface area contributed by atoms with Crippen LogP contribution in [0.3, 0.4) is 0 Å². The zero-order valence-corrected chi connectivity index (χ0v) is 12.1. The summed E-state index contributed by atoms with van der Waals surface area (Å²) in [5.41, 5.74) is 0.0932. The lowest BCUT2D eigenvalue weighted by Crippen LogP contribution is -2.34. The average molecular weight is 287 g/mol. The normalized spacial score (nSPS) is 12.2. The maximum absolute atomic E-state index is 13.1. The van der Waals surface area contributed by atoms with Crippen molar-refractivity contribution in [2.45, 2.75) is 52.0 Å². The predicted octanol–water partition coefficient (Wildman–Crippen LogP) is 3.96. The summed E-state index contributed by atoms with van der Waals surface area (Å²) in [6.07, 6.45) is 6.13. The number of carbonyl (C=O) groups excluding carboxylic acids is 1. The van der Waals surface area contributed by atoms with Crippen LogP contribution in [-0.2, 0) is 0 Å². The molecular weight excluding hydrogens is 267 g/mol. The number of unbranched alkanes of at least 4 members (excludes halogenated alkanes) is 2. The Morgan fingerprint density at radius 1 is 1.47 bits per heavy atom. The number of halogens is 2. The summed E-state index contributed by atoms with van der Waals surface area (Å²) < 4.78 is 13.1. The molecule has 0 saturated carbocycles. The number of aromatic nitrogens is 1. The van der Waals surface area contributed by atoms with Gasteiger partial charge in [-0.2, -0.15) is 0 Å². The summed E-state index contributed by atoms with van der Waals surface area (Å²) in [5.74, 6) is -0.922. The Balaban J connectivity index is 2.63. The number of pyridine rings is 1. The number of carbonyl (C=O) groups is 1. The minimum Gasteiger partial charge on any atom is -0.349 e. The molecule has 0 aliphatic heterocycles. The Bertz CT molecular complexity index is 426. The number of hydrogen-bond donors (Lipinski definition) is 1. The van der Waals surface area contributed by atoms with Crippen molar-refractivity contribution in [1.29, 1.82) is 0 Å². The molecule has 1 unspecified atom stereocenters. The summed E-state index contributed by atoms with van der Waals surface area (Å²) in [6.45, 7) is 4.15. The van der Waals surface area contributed by atoms with Crippen molar-refractivity contribution in [2.75, 3.05) is 0 Å². The second kappa shape index (κ2) is 8.10. The highest BCUT2D eigenvalue weighted by Gasteiger charge is 2.16. The van der Waals surface area contributed by atoms with Crippen molar-refractivity contribution in [1.82, 2.24) is 10.3 Å². The smallest absolute Gasteiger partial charge is 0.254 e. The summed E-state index contributed by atoms with van der Waals surface area (Å²) >= 11 is 5.81. The van der Waals surface area contributed by atoms with Crippen LogP contribution in [0.25, 0.3) is 0 Å². The summed E-state index contributed by atoms with van der Waals surface area (Å²) in [4.78, 5) is 15.7. The monoisotopic (exact) mass is 286 g/mol. The molecule has 19 heavy (non-hydrogen) atoms. The third-order valence-electron chi connectivity index (χ3n) is 3.03. The molecule has 1 aromatic heterocycles. The molecule has 0 aliphatic carbocycles. The van der Waals surface area contributed by atoms with Crippen molar-refractivity contribution >= 4 is 17.5 Å². The second-order valence-corrected chi connectivity index (χ2v) is 4.92. The van der Waals surface area contributed by atoms with Crippen molar-refractivity contribution < 1.29 is 9.18 Å². The van der Waals surface area contributed by atoms with Gasteiger partial charge in [0.1, 0.15) is 11.0 Å². The summed E-state index contributed by atoms with van der Waals surface area (Å²) in [6, 6.07) is 1.21. The number of rotatable bonds is 7. The quantitative estimate of drug-likeness (QED) is 0.609. The SMILES string of the molecule is CCCCCC(CC)NC(=O)c1cc(F)cnc1Cl. The number of hydrogen-bond acceptors (Lipinski definition) is 2. The molecule has 5 heteroatoms. The van der Waals surface area contributed by atoms with Gasteiger partial charge in [-0.15, -0.1) is 0 Å². The maximum atomic E-state index is 13.1. The molecule has 0 fully saturated rings. The van der Waals surface area contributed by atoms with E-state index in [0.29, 0.717) is 0 Å². The Kier molecular flexibility index (Phi) is 6.78. The molecule has 0 spiro atoms. The molecular formula is C14H20ClFN2O. The van der Waals surface area contributed by atoms with E-state index < -0.39 is 5.82 Å². The maximum Gasteiger partial charge on any atom is 0.254 e. The van der Waals surface area contributed by atoms with Gasteiger partial charge in [-0.05, 0) is 18.9 Å². The molecule has 0 aliphatic rings. The van der Waals surface area contributed by atoms with Gasteiger partial charge < -0.3 is 5.32 Å². The van der Waals surface area contributed by atoms with Gasteiger partial charge in [0.25, 0.3) is 5.91 Å². The van der Waals surface area contributed by atoms with Gasteiger partial charge in [0.2, 0.25) is 0 Å². The van der Waals surface area contributed by atoms with Crippen molar-refractivity contribution in [3.8, 4) is 0 Å². The Labute approximate surface area is 118 Å². The first-order chi connectivity index (χ1) is 9.08. The van der Waals surface area contributed by atoms with Crippen LogP contribution in [0.4, 0.5) is 4.39 Å². The van der Waals surface area contributed by atoms with Gasteiger partial charge >= 0.3 is 0 Å². The van der Waals surface area contributed by atoms with Crippen molar-refractivity contribution in [3.05, 3.63) is 28.8 Å². The Morgan fingerprint density at radius 2 is 2.21 bits per heavy atom. The highest BCUT2D eigenvalue weighted by Crippen LogP contribution is 2.15. The molecule has 3 nitrogen and oxygen atoms in total. The molecule has 106 valence electrons. The molecule has 1 aromatic rings. The Morgan fingerprint density at radius 3 is 2.84 bits per heavy atom. The number of nitrogens with zero attached hydrogens (tertiary/aromatic N) is 1. The average Bonchev–Trinajstić information content (AvgIpc) is 2.40. The minimum absolute atomic E-state index is 0.0299. The fourth-order valence-electron chi connectivity index (χ4n) is 1.86. The first kappa shape index (κ1) is 15.9. The molecule has 0 aromatic carbocycles. The van der Waals surface area contributed by atoms with Crippen LogP contribution < -0.4 is 5.32 Å². The fraction of sp³-hybridized carbons (Fsp3) is 0.571. The molecule has 1 rings (SSSR count). The Hall–Kier alpha value is -1.16. The molecule has 0 radical (unpaired) electrons. The molecule has 1 atom stereocenters. The van der Waals surface area contributed by atoms with E-state index in [1.807, 2.05) is 6.92 Å². The van der Waals surface area contributed by atoms with E-state index in [2.05, 4.69) is 17.2 Å². The van der Waals surface area contributed by atoms with Crippen LogP contribution in [0.1, 0.15) is 56.3 Å². The first-order valence-corrected chi connectivity index (χ1v) is 7.08.